The van der Waals surface area contributed by atoms with E-state index in [2.05, 4.69) is 10.2 Å². The summed E-state index contributed by atoms with van der Waals surface area (Å²) < 4.78 is 15.5. The second-order valence-corrected chi connectivity index (χ2v) is 6.38. The summed E-state index contributed by atoms with van der Waals surface area (Å²) in [7, 11) is 1.56. The van der Waals surface area contributed by atoms with Crippen molar-refractivity contribution in [3.05, 3.63) is 54.1 Å². The van der Waals surface area contributed by atoms with E-state index in [0.29, 0.717) is 11.4 Å². The van der Waals surface area contributed by atoms with Crippen LogP contribution in [0, 0.1) is 0 Å². The molecular formula is C21H24N2O5. The lowest BCUT2D eigenvalue weighted by atomic mass is 10.1. The maximum atomic E-state index is 12.0. The van der Waals surface area contributed by atoms with Crippen LogP contribution < -0.4 is 15.0 Å². The molecule has 0 saturated carbocycles. The van der Waals surface area contributed by atoms with Crippen LogP contribution in [0.1, 0.15) is 5.56 Å². The summed E-state index contributed by atoms with van der Waals surface area (Å²) in [6, 6.07) is 14.7. The Balaban J connectivity index is 1.44. The van der Waals surface area contributed by atoms with Crippen LogP contribution in [0.5, 0.6) is 5.75 Å². The number of rotatable bonds is 7. The molecule has 0 bridgehead atoms. The summed E-state index contributed by atoms with van der Waals surface area (Å²) in [6.45, 7) is 2.83. The molecule has 0 spiro atoms. The van der Waals surface area contributed by atoms with Gasteiger partial charge in [-0.05, 0) is 42.0 Å². The summed E-state index contributed by atoms with van der Waals surface area (Å²) in [6.07, 6.45) is 0.0821. The Hall–Kier alpha value is -3.06. The molecule has 1 saturated heterocycles. The molecule has 1 fully saturated rings. The van der Waals surface area contributed by atoms with E-state index in [1.165, 1.54) is 0 Å². The highest BCUT2D eigenvalue weighted by molar-refractivity contribution is 5.93. The van der Waals surface area contributed by atoms with Crippen LogP contribution in [0.15, 0.2) is 48.5 Å². The van der Waals surface area contributed by atoms with Gasteiger partial charge in [0.1, 0.15) is 5.75 Å². The average molecular weight is 384 g/mol. The average Bonchev–Trinajstić information content (AvgIpc) is 2.73. The zero-order valence-corrected chi connectivity index (χ0v) is 15.8. The van der Waals surface area contributed by atoms with E-state index in [9.17, 15) is 9.59 Å². The van der Waals surface area contributed by atoms with Crippen molar-refractivity contribution in [3.8, 4) is 5.75 Å². The third kappa shape index (κ3) is 5.72. The third-order valence-corrected chi connectivity index (χ3v) is 4.37. The third-order valence-electron chi connectivity index (χ3n) is 4.37. The molecule has 1 amide bonds. The topological polar surface area (TPSA) is 77.1 Å². The van der Waals surface area contributed by atoms with E-state index in [1.807, 2.05) is 24.3 Å². The molecule has 7 nitrogen and oxygen atoms in total. The molecule has 1 aliphatic heterocycles. The van der Waals surface area contributed by atoms with Crippen molar-refractivity contribution in [3.63, 3.8) is 0 Å². The molecule has 0 unspecified atom stereocenters. The largest absolute Gasteiger partial charge is 0.497 e. The van der Waals surface area contributed by atoms with E-state index >= 15 is 0 Å². The monoisotopic (exact) mass is 384 g/mol. The number of hydrogen-bond donors (Lipinski definition) is 1. The molecule has 0 atom stereocenters. The van der Waals surface area contributed by atoms with Gasteiger partial charge in [-0.15, -0.1) is 0 Å². The number of esters is 1. The maximum absolute atomic E-state index is 12.0. The van der Waals surface area contributed by atoms with Gasteiger partial charge in [-0.25, -0.2) is 0 Å². The Morgan fingerprint density at radius 3 is 2.57 bits per heavy atom. The van der Waals surface area contributed by atoms with Gasteiger partial charge in [0.2, 0.25) is 0 Å². The molecule has 28 heavy (non-hydrogen) atoms. The summed E-state index contributed by atoms with van der Waals surface area (Å²) in [4.78, 5) is 26.2. The molecular weight excluding hydrogens is 360 g/mol. The van der Waals surface area contributed by atoms with Crippen LogP contribution in [-0.2, 0) is 25.5 Å². The lowest BCUT2D eigenvalue weighted by molar-refractivity contribution is -0.146. The fourth-order valence-corrected chi connectivity index (χ4v) is 2.92. The second kappa shape index (κ2) is 9.75. The molecule has 148 valence electrons. The number of benzene rings is 2. The molecule has 2 aromatic carbocycles. The first-order chi connectivity index (χ1) is 13.6. The maximum Gasteiger partial charge on any atom is 0.310 e. The lowest BCUT2D eigenvalue weighted by Gasteiger charge is -2.28. The first-order valence-corrected chi connectivity index (χ1v) is 9.15. The number of anilines is 2. The Kier molecular flexibility index (Phi) is 6.86. The minimum absolute atomic E-state index is 0.0821. The van der Waals surface area contributed by atoms with Crippen molar-refractivity contribution in [2.24, 2.45) is 0 Å². The van der Waals surface area contributed by atoms with E-state index < -0.39 is 5.97 Å². The first kappa shape index (κ1) is 19.7. The summed E-state index contributed by atoms with van der Waals surface area (Å²) in [5.41, 5.74) is 2.51. The summed E-state index contributed by atoms with van der Waals surface area (Å²) >= 11 is 0. The molecule has 3 rings (SSSR count). The number of nitrogens with zero attached hydrogens (tertiary/aromatic N) is 1. The Morgan fingerprint density at radius 2 is 1.86 bits per heavy atom. The smallest absolute Gasteiger partial charge is 0.310 e. The van der Waals surface area contributed by atoms with E-state index in [1.54, 1.807) is 31.4 Å². The number of nitrogens with one attached hydrogen (secondary N) is 1. The fraction of sp³-hybridized carbons (Fsp3) is 0.333. The summed E-state index contributed by atoms with van der Waals surface area (Å²) in [5.74, 6) is -0.173. The van der Waals surface area contributed by atoms with Crippen LogP contribution in [0.4, 0.5) is 11.4 Å². The summed E-state index contributed by atoms with van der Waals surface area (Å²) in [5, 5.41) is 2.73. The fourth-order valence-electron chi connectivity index (χ4n) is 2.92. The predicted octanol–water partition coefficient (Wildman–Crippen LogP) is 2.26. The van der Waals surface area contributed by atoms with Crippen molar-refractivity contribution in [1.82, 2.24) is 0 Å². The lowest BCUT2D eigenvalue weighted by Crippen LogP contribution is -2.36. The number of hydrogen-bond acceptors (Lipinski definition) is 6. The van der Waals surface area contributed by atoms with Crippen molar-refractivity contribution in [2.75, 3.05) is 50.2 Å². The van der Waals surface area contributed by atoms with Crippen LogP contribution in [-0.4, -0.2) is 51.9 Å². The van der Waals surface area contributed by atoms with Crippen LogP contribution in [0.2, 0.25) is 0 Å². The van der Waals surface area contributed by atoms with Gasteiger partial charge in [0.05, 0.1) is 26.7 Å². The Bertz CT molecular complexity index is 801. The van der Waals surface area contributed by atoms with Gasteiger partial charge in [-0.1, -0.05) is 12.1 Å². The van der Waals surface area contributed by atoms with Crippen molar-refractivity contribution < 1.29 is 23.8 Å². The van der Waals surface area contributed by atoms with Crippen molar-refractivity contribution in [1.29, 1.82) is 0 Å². The molecule has 1 heterocycles. The van der Waals surface area contributed by atoms with Crippen LogP contribution in [0.3, 0.4) is 0 Å². The second-order valence-electron chi connectivity index (χ2n) is 6.38. The van der Waals surface area contributed by atoms with Gasteiger partial charge in [-0.3, -0.25) is 9.59 Å². The first-order valence-electron chi connectivity index (χ1n) is 9.15. The molecule has 1 aliphatic rings. The van der Waals surface area contributed by atoms with E-state index in [-0.39, 0.29) is 18.9 Å². The zero-order valence-electron chi connectivity index (χ0n) is 15.8. The van der Waals surface area contributed by atoms with Gasteiger partial charge in [0, 0.05) is 24.5 Å². The minimum Gasteiger partial charge on any atom is -0.497 e. The van der Waals surface area contributed by atoms with Gasteiger partial charge in [-0.2, -0.15) is 0 Å². The highest BCUT2D eigenvalue weighted by Gasteiger charge is 2.12. The molecule has 1 N–H and O–H groups in total. The van der Waals surface area contributed by atoms with E-state index in [0.717, 1.165) is 37.6 Å². The standard InChI is InChI=1S/C21H24N2O5/c1-26-19-4-2-3-16(13-19)14-21(25)28-15-20(24)22-17-5-7-18(8-6-17)23-9-11-27-12-10-23/h2-8,13H,9-12,14-15H2,1H3,(H,22,24). The number of morpholine rings is 1. The number of methoxy groups -OCH3 is 1. The molecule has 2 aromatic rings. The normalized spacial score (nSPS) is 13.7. The molecule has 0 radical (unpaired) electrons. The highest BCUT2D eigenvalue weighted by Crippen LogP contribution is 2.19. The molecule has 0 aromatic heterocycles. The zero-order chi connectivity index (χ0) is 19.8. The van der Waals surface area contributed by atoms with Crippen molar-refractivity contribution >= 4 is 23.3 Å². The molecule has 0 aliphatic carbocycles. The number of carbonyl (C=O) groups excluding carboxylic acids is 2. The van der Waals surface area contributed by atoms with Gasteiger partial charge < -0.3 is 24.4 Å². The number of carbonyl (C=O) groups is 2. The quantitative estimate of drug-likeness (QED) is 0.738. The Labute approximate surface area is 164 Å². The Morgan fingerprint density at radius 1 is 1.11 bits per heavy atom. The minimum atomic E-state index is -0.467. The highest BCUT2D eigenvalue weighted by atomic mass is 16.5. The van der Waals surface area contributed by atoms with Gasteiger partial charge >= 0.3 is 5.97 Å². The molecule has 7 heteroatoms. The van der Waals surface area contributed by atoms with Crippen molar-refractivity contribution in [2.45, 2.75) is 6.42 Å². The number of ether oxygens (including phenoxy) is 3. The van der Waals surface area contributed by atoms with Gasteiger partial charge in [0.15, 0.2) is 6.61 Å². The van der Waals surface area contributed by atoms with Crippen LogP contribution in [0.25, 0.3) is 0 Å². The number of amides is 1. The predicted molar refractivity (Wildman–Crippen MR) is 106 cm³/mol. The van der Waals surface area contributed by atoms with E-state index in [4.69, 9.17) is 14.2 Å². The SMILES string of the molecule is COc1cccc(CC(=O)OCC(=O)Nc2ccc(N3CCOCC3)cc2)c1. The van der Waals surface area contributed by atoms with Crippen LogP contribution >= 0.6 is 0 Å². The van der Waals surface area contributed by atoms with Gasteiger partial charge in [0.25, 0.3) is 5.91 Å².